The maximum atomic E-state index is 6.34. The monoisotopic (exact) mass is 303 g/mol. The van der Waals surface area contributed by atoms with Gasteiger partial charge in [0, 0.05) is 18.0 Å². The number of rotatable bonds is 7. The summed E-state index contributed by atoms with van der Waals surface area (Å²) in [6, 6.07) is 4.97. The van der Waals surface area contributed by atoms with Crippen molar-refractivity contribution >= 4 is 0 Å². The van der Waals surface area contributed by atoms with E-state index in [4.69, 9.17) is 4.74 Å². The number of fused-ring (bicyclic) bond motifs is 1. The molecule has 1 aromatic rings. The molecule has 2 rings (SSSR count). The van der Waals surface area contributed by atoms with E-state index in [1.165, 1.54) is 42.4 Å². The topological polar surface area (TPSA) is 21.3 Å². The summed E-state index contributed by atoms with van der Waals surface area (Å²) in [5.74, 6) is 1.09. The Hall–Kier alpha value is -1.02. The lowest BCUT2D eigenvalue weighted by atomic mass is 9.85. The zero-order valence-corrected chi connectivity index (χ0v) is 15.1. The molecule has 2 unspecified atom stereocenters. The van der Waals surface area contributed by atoms with E-state index in [-0.39, 0.29) is 5.60 Å². The molecule has 1 aliphatic heterocycles. The summed E-state index contributed by atoms with van der Waals surface area (Å²) < 4.78 is 6.34. The SMILES string of the molecule is CCCCCCNC1CC(C)(CC)Oc2cc(C)c(C)cc21. The lowest BCUT2D eigenvalue weighted by Gasteiger charge is -2.40. The Morgan fingerprint density at radius 1 is 1.14 bits per heavy atom. The number of ether oxygens (including phenoxy) is 1. The predicted octanol–water partition coefficient (Wildman–Crippen LogP) is 5.47. The van der Waals surface area contributed by atoms with Crippen LogP contribution in [0.25, 0.3) is 0 Å². The Kier molecular flexibility index (Phi) is 5.91. The summed E-state index contributed by atoms with van der Waals surface area (Å²) in [6.07, 6.45) is 7.36. The number of nitrogens with one attached hydrogen (secondary N) is 1. The van der Waals surface area contributed by atoms with Gasteiger partial charge < -0.3 is 10.1 Å². The van der Waals surface area contributed by atoms with E-state index in [0.717, 1.165) is 25.1 Å². The quantitative estimate of drug-likeness (QED) is 0.675. The van der Waals surface area contributed by atoms with Crippen molar-refractivity contribution in [2.75, 3.05) is 6.54 Å². The highest BCUT2D eigenvalue weighted by Gasteiger charge is 2.35. The highest BCUT2D eigenvalue weighted by atomic mass is 16.5. The van der Waals surface area contributed by atoms with Gasteiger partial charge in [0.25, 0.3) is 0 Å². The van der Waals surface area contributed by atoms with E-state index in [9.17, 15) is 0 Å². The molecule has 1 aromatic carbocycles. The minimum absolute atomic E-state index is 0.0458. The lowest BCUT2D eigenvalue weighted by Crippen LogP contribution is -2.41. The first-order chi connectivity index (χ1) is 10.5. The van der Waals surface area contributed by atoms with Gasteiger partial charge in [-0.25, -0.2) is 0 Å². The third-order valence-electron chi connectivity index (χ3n) is 5.16. The molecule has 0 saturated heterocycles. The molecule has 0 aliphatic carbocycles. The van der Waals surface area contributed by atoms with E-state index < -0.39 is 0 Å². The summed E-state index contributed by atoms with van der Waals surface area (Å²) in [4.78, 5) is 0. The normalized spacial score (nSPS) is 24.0. The highest BCUT2D eigenvalue weighted by Crippen LogP contribution is 2.42. The minimum Gasteiger partial charge on any atom is -0.487 e. The second-order valence-electron chi connectivity index (χ2n) is 7.15. The average Bonchev–Trinajstić information content (AvgIpc) is 2.49. The van der Waals surface area contributed by atoms with Crippen molar-refractivity contribution in [3.63, 3.8) is 0 Å². The van der Waals surface area contributed by atoms with Gasteiger partial charge in [0.15, 0.2) is 0 Å². The molecule has 0 aromatic heterocycles. The molecule has 0 saturated carbocycles. The van der Waals surface area contributed by atoms with E-state index in [0.29, 0.717) is 6.04 Å². The van der Waals surface area contributed by atoms with Gasteiger partial charge in [0.1, 0.15) is 11.4 Å². The summed E-state index contributed by atoms with van der Waals surface area (Å²) in [6.45, 7) is 12.2. The molecule has 1 heterocycles. The summed E-state index contributed by atoms with van der Waals surface area (Å²) in [5, 5.41) is 3.79. The molecule has 0 spiro atoms. The van der Waals surface area contributed by atoms with E-state index in [1.807, 2.05) is 0 Å². The lowest BCUT2D eigenvalue weighted by molar-refractivity contribution is 0.0441. The maximum Gasteiger partial charge on any atom is 0.125 e. The van der Waals surface area contributed by atoms with Crippen molar-refractivity contribution in [2.45, 2.75) is 84.8 Å². The molecule has 0 bridgehead atoms. The van der Waals surface area contributed by atoms with Crippen LogP contribution in [0.15, 0.2) is 12.1 Å². The number of aryl methyl sites for hydroxylation is 2. The molecule has 2 heteroatoms. The number of benzene rings is 1. The smallest absolute Gasteiger partial charge is 0.125 e. The van der Waals surface area contributed by atoms with Crippen LogP contribution in [0, 0.1) is 13.8 Å². The first-order valence-electron chi connectivity index (χ1n) is 9.02. The first kappa shape index (κ1) is 17.3. The standard InChI is InChI=1S/C20H33NO/c1-6-8-9-10-11-21-18-14-20(5,7-2)22-19-13-16(4)15(3)12-17(18)19/h12-13,18,21H,6-11,14H2,1-5H3. The molecular weight excluding hydrogens is 270 g/mol. The van der Waals surface area contributed by atoms with Gasteiger partial charge >= 0.3 is 0 Å². The summed E-state index contributed by atoms with van der Waals surface area (Å²) in [5.41, 5.74) is 3.99. The third-order valence-corrected chi connectivity index (χ3v) is 5.16. The zero-order valence-electron chi connectivity index (χ0n) is 15.1. The summed E-state index contributed by atoms with van der Waals surface area (Å²) >= 11 is 0. The Labute approximate surface area is 136 Å². The zero-order chi connectivity index (χ0) is 16.2. The van der Waals surface area contributed by atoms with Gasteiger partial charge in [-0.15, -0.1) is 0 Å². The molecule has 2 nitrogen and oxygen atoms in total. The van der Waals surface area contributed by atoms with Gasteiger partial charge in [-0.2, -0.15) is 0 Å². The van der Waals surface area contributed by atoms with E-state index in [1.54, 1.807) is 0 Å². The Morgan fingerprint density at radius 3 is 2.55 bits per heavy atom. The third kappa shape index (κ3) is 4.04. The highest BCUT2D eigenvalue weighted by molar-refractivity contribution is 5.45. The van der Waals surface area contributed by atoms with E-state index >= 15 is 0 Å². The molecule has 1 N–H and O–H groups in total. The van der Waals surface area contributed by atoms with Crippen LogP contribution in [0.2, 0.25) is 0 Å². The predicted molar refractivity (Wildman–Crippen MR) is 94.7 cm³/mol. The first-order valence-corrected chi connectivity index (χ1v) is 9.02. The van der Waals surface area contributed by atoms with E-state index in [2.05, 4.69) is 52.1 Å². The van der Waals surface area contributed by atoms with Crippen molar-refractivity contribution < 1.29 is 4.74 Å². The number of unbranched alkanes of at least 4 members (excludes halogenated alkanes) is 3. The Balaban J connectivity index is 2.13. The maximum absolute atomic E-state index is 6.34. The van der Waals surface area contributed by atoms with Crippen LogP contribution in [0.4, 0.5) is 0 Å². The van der Waals surface area contributed by atoms with Gasteiger partial charge in [-0.3, -0.25) is 0 Å². The van der Waals surface area contributed by atoms with Gasteiger partial charge in [0.05, 0.1) is 0 Å². The van der Waals surface area contributed by atoms with Crippen LogP contribution in [0.3, 0.4) is 0 Å². The van der Waals surface area contributed by atoms with Gasteiger partial charge in [-0.05, 0) is 57.4 Å². The van der Waals surface area contributed by atoms with Crippen LogP contribution in [-0.2, 0) is 0 Å². The fraction of sp³-hybridized carbons (Fsp3) is 0.700. The molecule has 0 amide bonds. The minimum atomic E-state index is -0.0458. The fourth-order valence-electron chi connectivity index (χ4n) is 3.25. The molecule has 124 valence electrons. The summed E-state index contributed by atoms with van der Waals surface area (Å²) in [7, 11) is 0. The molecule has 2 atom stereocenters. The van der Waals surface area contributed by atoms with Crippen LogP contribution in [0.1, 0.15) is 82.0 Å². The van der Waals surface area contributed by atoms with Crippen molar-refractivity contribution in [1.82, 2.24) is 5.32 Å². The van der Waals surface area contributed by atoms with Gasteiger partial charge in [0.2, 0.25) is 0 Å². The molecule has 1 aliphatic rings. The second kappa shape index (κ2) is 7.50. The molecule has 0 radical (unpaired) electrons. The van der Waals surface area contributed by atoms with Crippen molar-refractivity contribution in [3.05, 3.63) is 28.8 Å². The molecule has 22 heavy (non-hydrogen) atoms. The average molecular weight is 303 g/mol. The second-order valence-corrected chi connectivity index (χ2v) is 7.15. The number of hydrogen-bond donors (Lipinski definition) is 1. The number of hydrogen-bond acceptors (Lipinski definition) is 2. The van der Waals surface area contributed by atoms with Gasteiger partial charge in [-0.1, -0.05) is 39.2 Å². The molecular formula is C20H33NO. The van der Waals surface area contributed by atoms with Crippen LogP contribution in [-0.4, -0.2) is 12.1 Å². The van der Waals surface area contributed by atoms with Crippen LogP contribution >= 0.6 is 0 Å². The van der Waals surface area contributed by atoms with Crippen LogP contribution in [0.5, 0.6) is 5.75 Å². The Morgan fingerprint density at radius 2 is 1.86 bits per heavy atom. The van der Waals surface area contributed by atoms with Crippen LogP contribution < -0.4 is 10.1 Å². The fourth-order valence-corrected chi connectivity index (χ4v) is 3.25. The largest absolute Gasteiger partial charge is 0.487 e. The molecule has 0 fully saturated rings. The van der Waals surface area contributed by atoms with Crippen molar-refractivity contribution in [3.8, 4) is 5.75 Å². The Bertz CT molecular complexity index is 497. The van der Waals surface area contributed by atoms with Crippen molar-refractivity contribution in [2.24, 2.45) is 0 Å². The van der Waals surface area contributed by atoms with Crippen molar-refractivity contribution in [1.29, 1.82) is 0 Å².